The molecule has 1 aromatic carbocycles. The van der Waals surface area contributed by atoms with Crippen LogP contribution >= 0.6 is 0 Å². The standard InChI is InChI=1S/C20H22F3N3O4S/c1-13(10-24-7-8-31(2,28)29)12-26-17-9-14(3-6-18(17)30-19(26)27)16-5-4-15(11-25-16)20(21,22)23/h3-6,9,11,13,24H,7-8,10,12H2,1-2H3. The second-order valence-corrected chi connectivity index (χ2v) is 9.79. The Morgan fingerprint density at radius 2 is 1.97 bits per heavy atom. The highest BCUT2D eigenvalue weighted by atomic mass is 32.2. The number of rotatable bonds is 8. The number of nitrogens with zero attached hydrogens (tertiary/aromatic N) is 2. The molecule has 2 heterocycles. The van der Waals surface area contributed by atoms with E-state index in [0.29, 0.717) is 42.0 Å². The predicted octanol–water partition coefficient (Wildman–Crippen LogP) is 2.95. The van der Waals surface area contributed by atoms with Gasteiger partial charge in [-0.2, -0.15) is 13.2 Å². The van der Waals surface area contributed by atoms with Crippen molar-refractivity contribution in [2.45, 2.75) is 19.6 Å². The Labute approximate surface area is 176 Å². The van der Waals surface area contributed by atoms with Crippen molar-refractivity contribution >= 4 is 20.9 Å². The Morgan fingerprint density at radius 1 is 1.23 bits per heavy atom. The van der Waals surface area contributed by atoms with Crippen molar-refractivity contribution in [2.24, 2.45) is 5.92 Å². The van der Waals surface area contributed by atoms with E-state index in [2.05, 4.69) is 10.3 Å². The fourth-order valence-electron chi connectivity index (χ4n) is 3.11. The van der Waals surface area contributed by atoms with Crippen LogP contribution in [0, 0.1) is 5.92 Å². The third-order valence-electron chi connectivity index (χ3n) is 4.69. The van der Waals surface area contributed by atoms with Gasteiger partial charge in [0, 0.05) is 31.1 Å². The van der Waals surface area contributed by atoms with Crippen LogP contribution in [0.2, 0.25) is 0 Å². The summed E-state index contributed by atoms with van der Waals surface area (Å²) in [6, 6.07) is 7.10. The van der Waals surface area contributed by atoms with Gasteiger partial charge in [-0.3, -0.25) is 9.55 Å². The zero-order valence-corrected chi connectivity index (χ0v) is 17.8. The number of nitrogens with one attached hydrogen (secondary N) is 1. The molecule has 0 aliphatic carbocycles. The maximum absolute atomic E-state index is 12.8. The van der Waals surface area contributed by atoms with Gasteiger partial charge in [0.25, 0.3) is 0 Å². The van der Waals surface area contributed by atoms with Crippen molar-refractivity contribution in [3.8, 4) is 11.3 Å². The fraction of sp³-hybridized carbons (Fsp3) is 0.400. The van der Waals surface area contributed by atoms with Crippen LogP contribution in [0.1, 0.15) is 12.5 Å². The van der Waals surface area contributed by atoms with Crippen molar-refractivity contribution in [2.75, 3.05) is 25.1 Å². The number of sulfone groups is 1. The number of halogens is 3. The molecule has 11 heteroatoms. The Kier molecular flexibility index (Phi) is 6.56. The van der Waals surface area contributed by atoms with Gasteiger partial charge in [0.1, 0.15) is 9.84 Å². The summed E-state index contributed by atoms with van der Waals surface area (Å²) in [4.78, 5) is 16.2. The monoisotopic (exact) mass is 457 g/mol. The Balaban J connectivity index is 1.78. The summed E-state index contributed by atoms with van der Waals surface area (Å²) in [7, 11) is -3.05. The first-order valence-electron chi connectivity index (χ1n) is 9.49. The van der Waals surface area contributed by atoms with E-state index in [1.807, 2.05) is 6.92 Å². The molecule has 3 rings (SSSR count). The minimum atomic E-state index is -4.47. The molecule has 2 aromatic heterocycles. The van der Waals surface area contributed by atoms with Gasteiger partial charge in [-0.15, -0.1) is 0 Å². The summed E-state index contributed by atoms with van der Waals surface area (Å²) in [6.45, 7) is 3.03. The van der Waals surface area contributed by atoms with Gasteiger partial charge >= 0.3 is 11.9 Å². The molecule has 0 bridgehead atoms. The maximum atomic E-state index is 12.8. The number of hydrogen-bond acceptors (Lipinski definition) is 6. The highest BCUT2D eigenvalue weighted by Gasteiger charge is 2.30. The first-order chi connectivity index (χ1) is 14.4. The molecule has 31 heavy (non-hydrogen) atoms. The average molecular weight is 457 g/mol. The molecule has 1 atom stereocenters. The lowest BCUT2D eigenvalue weighted by atomic mass is 10.1. The predicted molar refractivity (Wildman–Crippen MR) is 110 cm³/mol. The summed E-state index contributed by atoms with van der Waals surface area (Å²) in [5, 5.41) is 3.05. The molecule has 168 valence electrons. The molecular weight excluding hydrogens is 435 g/mol. The summed E-state index contributed by atoms with van der Waals surface area (Å²) >= 11 is 0. The zero-order valence-electron chi connectivity index (χ0n) is 16.9. The summed E-state index contributed by atoms with van der Waals surface area (Å²) in [5.74, 6) is -0.529. The number of pyridine rings is 1. The van der Waals surface area contributed by atoms with Gasteiger partial charge in [-0.05, 0) is 42.8 Å². The van der Waals surface area contributed by atoms with Gasteiger partial charge < -0.3 is 9.73 Å². The zero-order chi connectivity index (χ0) is 22.8. The van der Waals surface area contributed by atoms with Gasteiger partial charge in [0.15, 0.2) is 5.58 Å². The lowest BCUT2D eigenvalue weighted by Crippen LogP contribution is -2.30. The lowest BCUT2D eigenvalue weighted by molar-refractivity contribution is -0.137. The van der Waals surface area contributed by atoms with Crippen LogP contribution in [0.5, 0.6) is 0 Å². The first kappa shape index (κ1) is 23.0. The van der Waals surface area contributed by atoms with Gasteiger partial charge in [-0.1, -0.05) is 6.92 Å². The first-order valence-corrected chi connectivity index (χ1v) is 11.6. The molecule has 0 fully saturated rings. The van der Waals surface area contributed by atoms with E-state index in [1.165, 1.54) is 16.9 Å². The fourth-order valence-corrected chi connectivity index (χ4v) is 3.62. The van der Waals surface area contributed by atoms with Crippen LogP contribution in [-0.4, -0.2) is 43.1 Å². The van der Waals surface area contributed by atoms with Crippen molar-refractivity contribution in [1.82, 2.24) is 14.9 Å². The van der Waals surface area contributed by atoms with Crippen molar-refractivity contribution < 1.29 is 26.0 Å². The van der Waals surface area contributed by atoms with Gasteiger partial charge in [0.05, 0.1) is 22.5 Å². The molecule has 1 unspecified atom stereocenters. The van der Waals surface area contributed by atoms with E-state index in [4.69, 9.17) is 4.42 Å². The number of aromatic nitrogens is 2. The Bertz CT molecular complexity index is 1220. The molecule has 7 nitrogen and oxygen atoms in total. The largest absolute Gasteiger partial charge is 0.419 e. The average Bonchev–Trinajstić information content (AvgIpc) is 2.98. The van der Waals surface area contributed by atoms with Crippen LogP contribution in [0.15, 0.2) is 45.7 Å². The smallest absolute Gasteiger partial charge is 0.408 e. The van der Waals surface area contributed by atoms with Crippen LogP contribution in [0.3, 0.4) is 0 Å². The van der Waals surface area contributed by atoms with Gasteiger partial charge in [-0.25, -0.2) is 13.2 Å². The van der Waals surface area contributed by atoms with E-state index in [1.54, 1.807) is 18.2 Å². The summed E-state index contributed by atoms with van der Waals surface area (Å²) in [5.41, 5.74) is 0.917. The molecule has 0 radical (unpaired) electrons. The summed E-state index contributed by atoms with van der Waals surface area (Å²) in [6.07, 6.45) is -2.53. The lowest BCUT2D eigenvalue weighted by Gasteiger charge is -2.13. The van der Waals surface area contributed by atoms with E-state index in [0.717, 1.165) is 12.3 Å². The maximum Gasteiger partial charge on any atom is 0.419 e. The topological polar surface area (TPSA) is 94.2 Å². The normalized spacial score (nSPS) is 13.6. The molecule has 3 aromatic rings. The molecule has 0 aliphatic rings. The second kappa shape index (κ2) is 8.83. The number of benzene rings is 1. The van der Waals surface area contributed by atoms with Crippen molar-refractivity contribution in [3.63, 3.8) is 0 Å². The Hall–Kier alpha value is -2.66. The number of fused-ring (bicyclic) bond motifs is 1. The molecule has 1 N–H and O–H groups in total. The number of hydrogen-bond donors (Lipinski definition) is 1. The molecule has 0 saturated heterocycles. The van der Waals surface area contributed by atoms with Crippen LogP contribution in [-0.2, 0) is 22.6 Å². The molecule has 0 aliphatic heterocycles. The van der Waals surface area contributed by atoms with Crippen LogP contribution in [0.4, 0.5) is 13.2 Å². The molecule has 0 spiro atoms. The number of alkyl halides is 3. The highest BCUT2D eigenvalue weighted by Crippen LogP contribution is 2.30. The highest BCUT2D eigenvalue weighted by molar-refractivity contribution is 7.90. The van der Waals surface area contributed by atoms with Crippen molar-refractivity contribution in [3.05, 3.63) is 52.6 Å². The van der Waals surface area contributed by atoms with Crippen LogP contribution < -0.4 is 11.1 Å². The molecular formula is C20H22F3N3O4S. The SMILES string of the molecule is CC(CNCCS(C)(=O)=O)Cn1c(=O)oc2ccc(-c3ccc(C(F)(F)F)cn3)cc21. The van der Waals surface area contributed by atoms with Crippen molar-refractivity contribution in [1.29, 1.82) is 0 Å². The van der Waals surface area contributed by atoms with E-state index in [9.17, 15) is 26.4 Å². The van der Waals surface area contributed by atoms with E-state index < -0.39 is 27.3 Å². The molecule has 0 saturated carbocycles. The van der Waals surface area contributed by atoms with Gasteiger partial charge in [0.2, 0.25) is 0 Å². The minimum Gasteiger partial charge on any atom is -0.408 e. The second-order valence-electron chi connectivity index (χ2n) is 7.53. The molecule has 0 amide bonds. The quantitative estimate of drug-likeness (QED) is 0.523. The third kappa shape index (κ3) is 5.95. The number of oxazole rings is 1. The van der Waals surface area contributed by atoms with Crippen LogP contribution in [0.25, 0.3) is 22.4 Å². The van der Waals surface area contributed by atoms with E-state index in [-0.39, 0.29) is 11.7 Å². The summed E-state index contributed by atoms with van der Waals surface area (Å²) < 4.78 is 67.3. The minimum absolute atomic E-state index is 0.00842. The third-order valence-corrected chi connectivity index (χ3v) is 5.64. The van der Waals surface area contributed by atoms with E-state index >= 15 is 0 Å². The Morgan fingerprint density at radius 3 is 2.58 bits per heavy atom.